The third-order valence-electron chi connectivity index (χ3n) is 3.42. The highest BCUT2D eigenvalue weighted by Crippen LogP contribution is 2.25. The predicted octanol–water partition coefficient (Wildman–Crippen LogP) is 4.22. The van der Waals surface area contributed by atoms with E-state index >= 15 is 0 Å². The number of hydrogen-bond acceptors (Lipinski definition) is 3. The van der Waals surface area contributed by atoms with Crippen LogP contribution in [0.3, 0.4) is 0 Å². The number of halogens is 1. The first-order valence-electron chi connectivity index (χ1n) is 7.79. The molecule has 0 unspecified atom stereocenters. The van der Waals surface area contributed by atoms with Crippen molar-refractivity contribution in [2.45, 2.75) is 58.3 Å². The van der Waals surface area contributed by atoms with Crippen LogP contribution in [0.15, 0.2) is 18.2 Å². The summed E-state index contributed by atoms with van der Waals surface area (Å²) in [4.78, 5) is 10.7. The maximum atomic E-state index is 10.7. The van der Waals surface area contributed by atoms with E-state index in [1.807, 2.05) is 0 Å². The first-order chi connectivity index (χ1) is 10.1. The number of benzene rings is 1. The topological polar surface area (TPSA) is 49.4 Å². The average molecular weight is 312 g/mol. The van der Waals surface area contributed by atoms with Gasteiger partial charge in [0.05, 0.1) is 17.6 Å². The van der Waals surface area contributed by atoms with Gasteiger partial charge in [0, 0.05) is 0 Å². The number of carbonyl (C=O) groups is 1. The fourth-order valence-corrected chi connectivity index (χ4v) is 2.40. The zero-order valence-corrected chi connectivity index (χ0v) is 13.5. The molecule has 0 bridgehead atoms. The Labute approximate surface area is 132 Å². The summed E-state index contributed by atoms with van der Waals surface area (Å²) >= 11 is 5.97. The Morgan fingerprint density at radius 1 is 1.10 bits per heavy atom. The molecule has 0 aliphatic carbocycles. The molecule has 118 valence electrons. The molecule has 0 aliphatic heterocycles. The van der Waals surface area contributed by atoms with E-state index in [4.69, 9.17) is 16.3 Å². The third-order valence-corrected chi connectivity index (χ3v) is 3.72. The van der Waals surface area contributed by atoms with Crippen LogP contribution < -0.4 is 9.84 Å². The second-order valence-electron chi connectivity index (χ2n) is 5.26. The molecule has 1 aromatic rings. The van der Waals surface area contributed by atoms with E-state index in [2.05, 4.69) is 6.92 Å². The van der Waals surface area contributed by atoms with Gasteiger partial charge in [0.25, 0.3) is 0 Å². The lowest BCUT2D eigenvalue weighted by Crippen LogP contribution is -2.22. The highest BCUT2D eigenvalue weighted by molar-refractivity contribution is 6.32. The lowest BCUT2D eigenvalue weighted by Gasteiger charge is -2.10. The fraction of sp³-hybridized carbons (Fsp3) is 0.588. The van der Waals surface area contributed by atoms with Crippen LogP contribution in [-0.4, -0.2) is 12.6 Å². The molecule has 0 amide bonds. The van der Waals surface area contributed by atoms with Crippen LogP contribution in [-0.2, 0) is 0 Å². The van der Waals surface area contributed by atoms with Gasteiger partial charge in [0.15, 0.2) is 0 Å². The number of hydrogen-bond donors (Lipinski definition) is 0. The second kappa shape index (κ2) is 10.5. The van der Waals surface area contributed by atoms with E-state index < -0.39 is 5.97 Å². The molecular formula is C17H24ClO3-. The van der Waals surface area contributed by atoms with Gasteiger partial charge < -0.3 is 14.6 Å². The average Bonchev–Trinajstić information content (AvgIpc) is 2.46. The van der Waals surface area contributed by atoms with Crippen molar-refractivity contribution in [2.24, 2.45) is 0 Å². The van der Waals surface area contributed by atoms with E-state index in [1.54, 1.807) is 6.07 Å². The van der Waals surface area contributed by atoms with Crippen LogP contribution in [0.1, 0.15) is 68.6 Å². The first kappa shape index (κ1) is 17.8. The number of aromatic carboxylic acids is 1. The Morgan fingerprint density at radius 2 is 1.71 bits per heavy atom. The first-order valence-corrected chi connectivity index (χ1v) is 8.16. The summed E-state index contributed by atoms with van der Waals surface area (Å²) in [6, 6.07) is 4.39. The molecule has 4 heteroatoms. The summed E-state index contributed by atoms with van der Waals surface area (Å²) in [6.07, 6.45) is 9.96. The Kier molecular flexibility index (Phi) is 8.91. The van der Waals surface area contributed by atoms with Gasteiger partial charge in [-0.15, -0.1) is 0 Å². The van der Waals surface area contributed by atoms with Gasteiger partial charge in [-0.2, -0.15) is 0 Å². The molecule has 1 aromatic carbocycles. The molecular weight excluding hydrogens is 288 g/mol. The van der Waals surface area contributed by atoms with E-state index in [9.17, 15) is 9.90 Å². The van der Waals surface area contributed by atoms with Crippen molar-refractivity contribution in [3.05, 3.63) is 28.8 Å². The summed E-state index contributed by atoms with van der Waals surface area (Å²) in [5.74, 6) is -0.698. The van der Waals surface area contributed by atoms with Crippen LogP contribution in [0, 0.1) is 0 Å². The van der Waals surface area contributed by atoms with Crippen LogP contribution in [0.2, 0.25) is 5.02 Å². The molecule has 0 spiro atoms. The van der Waals surface area contributed by atoms with Gasteiger partial charge in [-0.05, 0) is 30.2 Å². The molecule has 0 saturated heterocycles. The molecule has 0 aliphatic rings. The number of carbonyl (C=O) groups excluding carboxylic acids is 1. The van der Waals surface area contributed by atoms with Crippen LogP contribution >= 0.6 is 11.6 Å². The Hall–Kier alpha value is -1.22. The summed E-state index contributed by atoms with van der Waals surface area (Å²) in [7, 11) is 0. The van der Waals surface area contributed by atoms with Gasteiger partial charge in [-0.1, -0.05) is 63.5 Å². The van der Waals surface area contributed by atoms with Crippen LogP contribution in [0.4, 0.5) is 0 Å². The Bertz CT molecular complexity index is 432. The normalized spacial score (nSPS) is 10.6. The molecule has 0 radical (unpaired) electrons. The van der Waals surface area contributed by atoms with Crippen molar-refractivity contribution in [2.75, 3.05) is 6.61 Å². The molecule has 21 heavy (non-hydrogen) atoms. The smallest absolute Gasteiger partial charge is 0.137 e. The number of rotatable bonds is 11. The second-order valence-corrected chi connectivity index (χ2v) is 5.66. The lowest BCUT2D eigenvalue weighted by molar-refractivity contribution is -0.255. The summed E-state index contributed by atoms with van der Waals surface area (Å²) < 4.78 is 5.57. The van der Waals surface area contributed by atoms with Gasteiger partial charge in [0.1, 0.15) is 5.75 Å². The summed E-state index contributed by atoms with van der Waals surface area (Å²) in [6.45, 7) is 2.83. The van der Waals surface area contributed by atoms with E-state index in [0.717, 1.165) is 12.8 Å². The monoisotopic (exact) mass is 311 g/mol. The van der Waals surface area contributed by atoms with Gasteiger partial charge in [0.2, 0.25) is 0 Å². The molecule has 3 nitrogen and oxygen atoms in total. The largest absolute Gasteiger partial charge is 0.545 e. The van der Waals surface area contributed by atoms with Crippen molar-refractivity contribution < 1.29 is 14.6 Å². The van der Waals surface area contributed by atoms with Crippen molar-refractivity contribution in [1.82, 2.24) is 0 Å². The zero-order valence-electron chi connectivity index (χ0n) is 12.7. The highest BCUT2D eigenvalue weighted by Gasteiger charge is 2.03. The van der Waals surface area contributed by atoms with Gasteiger partial charge in [-0.3, -0.25) is 0 Å². The standard InChI is InChI=1S/C17H25ClO3/c1-2-3-4-5-6-7-8-9-12-21-16-11-10-14(17(19)20)13-15(16)18/h10-11,13H,2-9,12H2,1H3,(H,19,20)/p-1. The number of ether oxygens (including phenoxy) is 1. The third kappa shape index (κ3) is 7.37. The highest BCUT2D eigenvalue weighted by atomic mass is 35.5. The minimum absolute atomic E-state index is 0.0689. The van der Waals surface area contributed by atoms with Crippen molar-refractivity contribution in [3.63, 3.8) is 0 Å². The Morgan fingerprint density at radius 3 is 2.29 bits per heavy atom. The molecule has 1 rings (SSSR count). The maximum Gasteiger partial charge on any atom is 0.137 e. The van der Waals surface area contributed by atoms with E-state index in [0.29, 0.717) is 17.4 Å². The number of carboxylic acid groups (broad SMARTS) is 1. The van der Waals surface area contributed by atoms with Crippen molar-refractivity contribution >= 4 is 17.6 Å². The lowest BCUT2D eigenvalue weighted by atomic mass is 10.1. The minimum Gasteiger partial charge on any atom is -0.545 e. The predicted molar refractivity (Wildman–Crippen MR) is 83.9 cm³/mol. The van der Waals surface area contributed by atoms with Crippen LogP contribution in [0.5, 0.6) is 5.75 Å². The Balaban J connectivity index is 2.14. The SMILES string of the molecule is CCCCCCCCCCOc1ccc(C(=O)[O-])cc1Cl. The maximum absolute atomic E-state index is 10.7. The molecule has 0 saturated carbocycles. The summed E-state index contributed by atoms with van der Waals surface area (Å²) in [5, 5.41) is 11.0. The van der Waals surface area contributed by atoms with Gasteiger partial charge in [-0.25, -0.2) is 0 Å². The zero-order chi connectivity index (χ0) is 15.5. The number of unbranched alkanes of at least 4 members (excludes halogenated alkanes) is 7. The van der Waals surface area contributed by atoms with Crippen molar-refractivity contribution in [1.29, 1.82) is 0 Å². The molecule has 0 heterocycles. The molecule has 0 N–H and O–H groups in total. The molecule has 0 aromatic heterocycles. The van der Waals surface area contributed by atoms with E-state index in [-0.39, 0.29) is 5.56 Å². The van der Waals surface area contributed by atoms with Gasteiger partial charge >= 0.3 is 0 Å². The minimum atomic E-state index is -1.23. The van der Waals surface area contributed by atoms with E-state index in [1.165, 1.54) is 50.7 Å². The van der Waals surface area contributed by atoms with Crippen molar-refractivity contribution in [3.8, 4) is 5.75 Å². The number of carboxylic acids is 1. The molecule has 0 atom stereocenters. The molecule has 0 fully saturated rings. The summed E-state index contributed by atoms with van der Waals surface area (Å²) in [5.41, 5.74) is 0.0689. The fourth-order valence-electron chi connectivity index (χ4n) is 2.16. The quantitative estimate of drug-likeness (QED) is 0.575. The van der Waals surface area contributed by atoms with Crippen LogP contribution in [0.25, 0.3) is 0 Å².